The van der Waals surface area contributed by atoms with Crippen LogP contribution in [0.25, 0.3) is 0 Å². The van der Waals surface area contributed by atoms with E-state index >= 15 is 0 Å². The van der Waals surface area contributed by atoms with Crippen LogP contribution in [0.4, 0.5) is 5.69 Å². The number of carbonyl (C=O) groups is 1. The predicted molar refractivity (Wildman–Crippen MR) is 126 cm³/mol. The Hall–Kier alpha value is -3.52. The largest absolute Gasteiger partial charge is 0.497 e. The minimum Gasteiger partial charge on any atom is -0.497 e. The fraction of sp³-hybridized carbons (Fsp3) is 0.333. The zero-order chi connectivity index (χ0) is 23.0. The molecule has 1 aliphatic heterocycles. The van der Waals surface area contributed by atoms with Crippen LogP contribution in [0.5, 0.6) is 5.75 Å². The number of Topliss-reactive ketones (excluding diaryl/α,β-unsaturated/α-hetero) is 1. The quantitative estimate of drug-likeness (QED) is 0.726. The molecule has 32 heavy (non-hydrogen) atoms. The third-order valence-corrected chi connectivity index (χ3v) is 6.43. The Morgan fingerprint density at radius 1 is 1.12 bits per heavy atom. The summed E-state index contributed by atoms with van der Waals surface area (Å²) in [6.07, 6.45) is 2.08. The predicted octanol–water partition coefficient (Wildman–Crippen LogP) is 5.20. The summed E-state index contributed by atoms with van der Waals surface area (Å²) in [6, 6.07) is 18.0. The Balaban J connectivity index is 1.94. The van der Waals surface area contributed by atoms with E-state index in [1.807, 2.05) is 41.3 Å². The van der Waals surface area contributed by atoms with E-state index in [2.05, 4.69) is 39.0 Å². The lowest BCUT2D eigenvalue weighted by atomic mass is 9.68. The number of nitriles is 1. The average Bonchev–Trinajstić information content (AvgIpc) is 2.78. The molecule has 0 saturated heterocycles. The molecule has 0 bridgehead atoms. The first-order valence-electron chi connectivity index (χ1n) is 11.0. The van der Waals surface area contributed by atoms with Gasteiger partial charge in [0.05, 0.1) is 24.7 Å². The fourth-order valence-electron chi connectivity index (χ4n) is 4.81. The molecule has 0 unspecified atom stereocenters. The van der Waals surface area contributed by atoms with Gasteiger partial charge in [0.15, 0.2) is 5.78 Å². The highest BCUT2D eigenvalue weighted by Crippen LogP contribution is 2.50. The molecule has 0 amide bonds. The van der Waals surface area contributed by atoms with Crippen molar-refractivity contribution >= 4 is 11.5 Å². The minimum absolute atomic E-state index is 0.0829. The van der Waals surface area contributed by atoms with Crippen molar-refractivity contribution in [1.29, 1.82) is 5.26 Å². The Morgan fingerprint density at radius 2 is 1.78 bits per heavy atom. The lowest BCUT2D eigenvalue weighted by molar-refractivity contribution is -0.118. The summed E-state index contributed by atoms with van der Waals surface area (Å²) in [5, 5.41) is 10.2. The van der Waals surface area contributed by atoms with Gasteiger partial charge in [0, 0.05) is 23.4 Å². The Bertz CT molecular complexity index is 1150. The van der Waals surface area contributed by atoms with Crippen LogP contribution in [0.15, 0.2) is 71.2 Å². The van der Waals surface area contributed by atoms with Crippen LogP contribution in [0.2, 0.25) is 0 Å². The number of allylic oxidation sites excluding steroid dienone is 3. The number of aryl methyl sites for hydroxylation is 1. The lowest BCUT2D eigenvalue weighted by Crippen LogP contribution is -2.42. The van der Waals surface area contributed by atoms with Crippen LogP contribution >= 0.6 is 0 Å². The summed E-state index contributed by atoms with van der Waals surface area (Å²) in [7, 11) is 1.62. The maximum atomic E-state index is 13.5. The molecule has 1 atom stereocenters. The van der Waals surface area contributed by atoms with Gasteiger partial charge in [0.2, 0.25) is 0 Å². The Morgan fingerprint density at radius 3 is 2.34 bits per heavy atom. The number of benzene rings is 2. The van der Waals surface area contributed by atoms with E-state index in [0.717, 1.165) is 29.1 Å². The maximum Gasteiger partial charge on any atom is 0.162 e. The van der Waals surface area contributed by atoms with Gasteiger partial charge in [0.25, 0.3) is 0 Å². The minimum atomic E-state index is -0.445. The molecule has 0 spiro atoms. The molecule has 2 aromatic rings. The molecule has 164 valence electrons. The summed E-state index contributed by atoms with van der Waals surface area (Å²) < 4.78 is 5.30. The van der Waals surface area contributed by atoms with Gasteiger partial charge in [0.1, 0.15) is 11.6 Å². The number of nitrogens with zero attached hydrogens (tertiary/aromatic N) is 2. The summed E-state index contributed by atoms with van der Waals surface area (Å²) in [4.78, 5) is 15.4. The highest BCUT2D eigenvalue weighted by atomic mass is 16.5. The van der Waals surface area contributed by atoms with E-state index in [-0.39, 0.29) is 11.2 Å². The van der Waals surface area contributed by atoms with Crippen molar-refractivity contribution in [3.8, 4) is 11.8 Å². The van der Waals surface area contributed by atoms with Crippen molar-refractivity contribution in [2.75, 3.05) is 12.0 Å². The average molecular weight is 428 g/mol. The van der Waals surface area contributed by atoms with E-state index in [9.17, 15) is 10.1 Å². The topological polar surface area (TPSA) is 79.3 Å². The van der Waals surface area contributed by atoms with Gasteiger partial charge in [-0.15, -0.1) is 0 Å². The molecule has 2 N–H and O–H groups in total. The van der Waals surface area contributed by atoms with E-state index in [4.69, 9.17) is 10.5 Å². The molecule has 2 aliphatic rings. The molecule has 1 aliphatic carbocycles. The maximum absolute atomic E-state index is 13.5. The Labute approximate surface area is 189 Å². The number of nitrogens with two attached hydrogens (primary N) is 1. The van der Waals surface area contributed by atoms with E-state index in [0.29, 0.717) is 29.8 Å². The summed E-state index contributed by atoms with van der Waals surface area (Å²) in [5.41, 5.74) is 11.4. The number of ether oxygens (including phenoxy) is 1. The smallest absolute Gasteiger partial charge is 0.162 e. The lowest BCUT2D eigenvalue weighted by Gasteiger charge is -2.43. The molecule has 0 saturated carbocycles. The second-order valence-corrected chi connectivity index (χ2v) is 9.27. The molecule has 0 radical (unpaired) electrons. The zero-order valence-corrected chi connectivity index (χ0v) is 19.1. The van der Waals surface area contributed by atoms with Crippen LogP contribution < -0.4 is 15.4 Å². The summed E-state index contributed by atoms with van der Waals surface area (Å²) >= 11 is 0. The van der Waals surface area contributed by atoms with Gasteiger partial charge < -0.3 is 10.5 Å². The molecule has 5 heteroatoms. The highest BCUT2D eigenvalue weighted by Gasteiger charge is 2.44. The van der Waals surface area contributed by atoms with Crippen molar-refractivity contribution in [1.82, 2.24) is 0 Å². The number of rotatable bonds is 4. The summed E-state index contributed by atoms with van der Waals surface area (Å²) in [6.45, 7) is 6.31. The van der Waals surface area contributed by atoms with Crippen molar-refractivity contribution < 1.29 is 9.53 Å². The van der Waals surface area contributed by atoms with Gasteiger partial charge >= 0.3 is 0 Å². The SMILES string of the molecule is CCc1ccc([C@H]2C(C#N)=C(N)N(c3ccc(OC)cc3)C3=C2C(=O)CC(C)(C)C3)cc1. The second kappa shape index (κ2) is 8.20. The summed E-state index contributed by atoms with van der Waals surface area (Å²) in [5.74, 6) is 0.752. The first-order valence-corrected chi connectivity index (χ1v) is 11.0. The van der Waals surface area contributed by atoms with Gasteiger partial charge in [-0.05, 0) is 53.6 Å². The number of ketones is 1. The standard InChI is InChI=1S/C27H29N3O2/c1-5-17-6-8-18(9-7-17)24-21(16-28)26(29)30(19-10-12-20(32-4)13-11-19)22-14-27(2,3)15-23(31)25(22)24/h6-13,24H,5,14-15,29H2,1-4H3/t24-/m0/s1. The van der Waals surface area contributed by atoms with E-state index < -0.39 is 5.92 Å². The van der Waals surface area contributed by atoms with Crippen LogP contribution in [0, 0.1) is 16.7 Å². The molecule has 5 nitrogen and oxygen atoms in total. The highest BCUT2D eigenvalue weighted by molar-refractivity contribution is 6.01. The first kappa shape index (κ1) is 21.7. The second-order valence-electron chi connectivity index (χ2n) is 9.27. The van der Waals surface area contributed by atoms with Crippen LogP contribution in [0.1, 0.15) is 50.7 Å². The van der Waals surface area contributed by atoms with Crippen LogP contribution in [-0.4, -0.2) is 12.9 Å². The van der Waals surface area contributed by atoms with Crippen molar-refractivity contribution in [2.45, 2.75) is 46.0 Å². The molecule has 0 fully saturated rings. The number of hydrogen-bond donors (Lipinski definition) is 1. The Kier molecular flexibility index (Phi) is 5.56. The van der Waals surface area contributed by atoms with E-state index in [1.54, 1.807) is 7.11 Å². The van der Waals surface area contributed by atoms with Gasteiger partial charge in [-0.2, -0.15) is 5.26 Å². The number of carbonyl (C=O) groups excluding carboxylic acids is 1. The molecule has 4 rings (SSSR count). The van der Waals surface area contributed by atoms with Gasteiger partial charge in [-0.25, -0.2) is 0 Å². The molecule has 1 heterocycles. The van der Waals surface area contributed by atoms with Gasteiger partial charge in [-0.1, -0.05) is 45.0 Å². The number of methoxy groups -OCH3 is 1. The van der Waals surface area contributed by atoms with Crippen molar-refractivity contribution in [3.63, 3.8) is 0 Å². The number of anilines is 1. The monoisotopic (exact) mass is 427 g/mol. The molecular formula is C27H29N3O2. The van der Waals surface area contributed by atoms with E-state index in [1.165, 1.54) is 5.56 Å². The third kappa shape index (κ3) is 3.67. The third-order valence-electron chi connectivity index (χ3n) is 6.43. The molecule has 2 aromatic carbocycles. The fourth-order valence-corrected chi connectivity index (χ4v) is 4.81. The van der Waals surface area contributed by atoms with Crippen molar-refractivity contribution in [2.24, 2.45) is 11.1 Å². The molecular weight excluding hydrogens is 398 g/mol. The van der Waals surface area contributed by atoms with Crippen LogP contribution in [-0.2, 0) is 11.2 Å². The zero-order valence-electron chi connectivity index (χ0n) is 19.1. The van der Waals surface area contributed by atoms with Crippen LogP contribution in [0.3, 0.4) is 0 Å². The van der Waals surface area contributed by atoms with Gasteiger partial charge in [-0.3, -0.25) is 9.69 Å². The normalized spacial score (nSPS) is 20.2. The molecule has 0 aromatic heterocycles. The van der Waals surface area contributed by atoms with Crippen molar-refractivity contribution in [3.05, 3.63) is 82.3 Å². The number of hydrogen-bond acceptors (Lipinski definition) is 5. The first-order chi connectivity index (χ1) is 15.3.